The molecule has 5 heteroatoms. The Morgan fingerprint density at radius 1 is 1.33 bits per heavy atom. The van der Waals surface area contributed by atoms with Gasteiger partial charge in [-0.05, 0) is 43.7 Å². The number of nitrogens with two attached hydrogens (primary N) is 1. The molecule has 0 amide bonds. The van der Waals surface area contributed by atoms with Gasteiger partial charge in [-0.25, -0.2) is 9.67 Å². The highest BCUT2D eigenvalue weighted by Gasteiger charge is 2.21. The smallest absolute Gasteiger partial charge is 0.171 e. The van der Waals surface area contributed by atoms with Gasteiger partial charge in [0.05, 0.1) is 22.6 Å². The van der Waals surface area contributed by atoms with Crippen LogP contribution in [0.4, 0.5) is 5.69 Å². The SMILES string of the molecule is CCc1nn(-c2nc3c(cc2C#N)CCC3)c(CC)c1N. The van der Waals surface area contributed by atoms with Crippen molar-refractivity contribution in [1.29, 1.82) is 5.26 Å². The molecular weight excluding hydrogens is 262 g/mol. The Kier molecular flexibility index (Phi) is 3.38. The summed E-state index contributed by atoms with van der Waals surface area (Å²) in [6, 6.07) is 4.22. The standard InChI is InChI=1S/C16H19N5/c1-3-12-15(18)14(4-2)21(20-12)16-11(9-17)8-10-6-5-7-13(10)19-16/h8H,3-7,18H2,1-2H3. The molecule has 108 valence electrons. The molecule has 0 aliphatic heterocycles. The van der Waals surface area contributed by atoms with Crippen LogP contribution < -0.4 is 5.73 Å². The Bertz CT molecular complexity index is 736. The lowest BCUT2D eigenvalue weighted by Gasteiger charge is -2.09. The lowest BCUT2D eigenvalue weighted by atomic mass is 10.1. The highest BCUT2D eigenvalue weighted by molar-refractivity contribution is 5.55. The molecule has 0 radical (unpaired) electrons. The summed E-state index contributed by atoms with van der Waals surface area (Å²) in [4.78, 5) is 4.71. The highest BCUT2D eigenvalue weighted by atomic mass is 15.3. The number of aryl methyl sites for hydroxylation is 3. The van der Waals surface area contributed by atoms with Gasteiger partial charge in [-0.15, -0.1) is 0 Å². The van der Waals surface area contributed by atoms with E-state index in [1.165, 1.54) is 5.56 Å². The number of aromatic nitrogens is 3. The number of nitrogen functional groups attached to an aromatic ring is 1. The lowest BCUT2D eigenvalue weighted by Crippen LogP contribution is -2.09. The van der Waals surface area contributed by atoms with E-state index in [1.54, 1.807) is 4.68 Å². The molecule has 2 heterocycles. The molecule has 2 N–H and O–H groups in total. The van der Waals surface area contributed by atoms with E-state index in [-0.39, 0.29) is 0 Å². The fourth-order valence-corrected chi connectivity index (χ4v) is 3.00. The van der Waals surface area contributed by atoms with E-state index in [0.29, 0.717) is 11.4 Å². The average molecular weight is 281 g/mol. The first-order valence-corrected chi connectivity index (χ1v) is 7.49. The molecule has 0 aromatic carbocycles. The summed E-state index contributed by atoms with van der Waals surface area (Å²) in [6.45, 7) is 4.08. The van der Waals surface area contributed by atoms with Gasteiger partial charge in [0.1, 0.15) is 6.07 Å². The van der Waals surface area contributed by atoms with Gasteiger partial charge < -0.3 is 5.73 Å². The Balaban J connectivity index is 2.23. The molecule has 2 aromatic rings. The second-order valence-corrected chi connectivity index (χ2v) is 5.36. The van der Waals surface area contributed by atoms with Crippen molar-refractivity contribution in [2.45, 2.75) is 46.0 Å². The maximum absolute atomic E-state index is 9.45. The zero-order valence-corrected chi connectivity index (χ0v) is 12.5. The molecule has 21 heavy (non-hydrogen) atoms. The molecular formula is C16H19N5. The first kappa shape index (κ1) is 13.6. The van der Waals surface area contributed by atoms with Gasteiger partial charge >= 0.3 is 0 Å². The number of nitriles is 1. The monoisotopic (exact) mass is 281 g/mol. The number of rotatable bonds is 3. The average Bonchev–Trinajstić information content (AvgIpc) is 3.08. The minimum Gasteiger partial charge on any atom is -0.396 e. The van der Waals surface area contributed by atoms with E-state index < -0.39 is 0 Å². The summed E-state index contributed by atoms with van der Waals surface area (Å²) in [5, 5.41) is 14.0. The molecule has 2 aromatic heterocycles. The van der Waals surface area contributed by atoms with E-state index in [4.69, 9.17) is 10.7 Å². The van der Waals surface area contributed by atoms with E-state index in [2.05, 4.69) is 11.2 Å². The van der Waals surface area contributed by atoms with Gasteiger partial charge in [0, 0.05) is 5.69 Å². The van der Waals surface area contributed by atoms with Crippen molar-refractivity contribution >= 4 is 5.69 Å². The molecule has 0 saturated heterocycles. The van der Waals surface area contributed by atoms with Crippen LogP contribution in [0.5, 0.6) is 0 Å². The number of nitrogens with zero attached hydrogens (tertiary/aromatic N) is 4. The van der Waals surface area contributed by atoms with Gasteiger partial charge in [-0.3, -0.25) is 0 Å². The summed E-state index contributed by atoms with van der Waals surface area (Å²) in [6.07, 6.45) is 4.64. The van der Waals surface area contributed by atoms with Crippen LogP contribution in [-0.2, 0) is 25.7 Å². The zero-order valence-electron chi connectivity index (χ0n) is 12.5. The van der Waals surface area contributed by atoms with Crippen molar-refractivity contribution in [3.63, 3.8) is 0 Å². The summed E-state index contributed by atoms with van der Waals surface area (Å²) < 4.78 is 1.77. The summed E-state index contributed by atoms with van der Waals surface area (Å²) in [5.74, 6) is 0.626. The summed E-state index contributed by atoms with van der Waals surface area (Å²) in [5.41, 5.74) is 11.6. The first-order valence-electron chi connectivity index (χ1n) is 7.49. The van der Waals surface area contributed by atoms with Gasteiger partial charge in [-0.2, -0.15) is 10.4 Å². The number of fused-ring (bicyclic) bond motifs is 1. The van der Waals surface area contributed by atoms with Crippen LogP contribution in [-0.4, -0.2) is 14.8 Å². The summed E-state index contributed by atoms with van der Waals surface area (Å²) >= 11 is 0. The van der Waals surface area contributed by atoms with Gasteiger partial charge in [0.15, 0.2) is 5.82 Å². The van der Waals surface area contributed by atoms with Crippen molar-refractivity contribution in [3.8, 4) is 11.9 Å². The maximum atomic E-state index is 9.45. The van der Waals surface area contributed by atoms with E-state index >= 15 is 0 Å². The molecule has 5 nitrogen and oxygen atoms in total. The Morgan fingerprint density at radius 2 is 2.14 bits per heavy atom. The number of anilines is 1. The highest BCUT2D eigenvalue weighted by Crippen LogP contribution is 2.27. The molecule has 0 bridgehead atoms. The first-order chi connectivity index (χ1) is 10.2. The molecule has 1 aliphatic carbocycles. The Morgan fingerprint density at radius 3 is 2.81 bits per heavy atom. The Hall–Kier alpha value is -2.35. The van der Waals surface area contributed by atoms with Crippen LogP contribution in [0.3, 0.4) is 0 Å². The van der Waals surface area contributed by atoms with E-state index in [9.17, 15) is 5.26 Å². The minimum atomic E-state index is 0.579. The second-order valence-electron chi connectivity index (χ2n) is 5.36. The van der Waals surface area contributed by atoms with Crippen molar-refractivity contribution in [1.82, 2.24) is 14.8 Å². The van der Waals surface area contributed by atoms with Crippen LogP contribution in [0, 0.1) is 11.3 Å². The van der Waals surface area contributed by atoms with Crippen molar-refractivity contribution in [2.24, 2.45) is 0 Å². The predicted molar refractivity (Wildman–Crippen MR) is 81.3 cm³/mol. The molecule has 1 aliphatic rings. The van der Waals surface area contributed by atoms with E-state index in [1.807, 2.05) is 19.9 Å². The predicted octanol–water partition coefficient (Wildman–Crippen LogP) is 2.33. The third-order valence-corrected chi connectivity index (χ3v) is 4.12. The second kappa shape index (κ2) is 5.21. The fraction of sp³-hybridized carbons (Fsp3) is 0.438. The normalized spacial score (nSPS) is 13.2. The molecule has 0 atom stereocenters. The van der Waals surface area contributed by atoms with Crippen LogP contribution in [0.2, 0.25) is 0 Å². The van der Waals surface area contributed by atoms with Crippen LogP contribution in [0.15, 0.2) is 6.07 Å². The molecule has 0 saturated carbocycles. The number of hydrogen-bond acceptors (Lipinski definition) is 4. The topological polar surface area (TPSA) is 80.5 Å². The molecule has 0 unspecified atom stereocenters. The van der Waals surface area contributed by atoms with Gasteiger partial charge in [-0.1, -0.05) is 13.8 Å². The van der Waals surface area contributed by atoms with Crippen LogP contribution in [0.25, 0.3) is 5.82 Å². The third-order valence-electron chi connectivity index (χ3n) is 4.12. The number of pyridine rings is 1. The van der Waals surface area contributed by atoms with Crippen molar-refractivity contribution < 1.29 is 0 Å². The molecule has 0 fully saturated rings. The summed E-state index contributed by atoms with van der Waals surface area (Å²) in [7, 11) is 0. The van der Waals surface area contributed by atoms with E-state index in [0.717, 1.165) is 54.9 Å². The zero-order chi connectivity index (χ0) is 15.0. The van der Waals surface area contributed by atoms with Crippen LogP contribution in [0.1, 0.15) is 48.5 Å². The number of hydrogen-bond donors (Lipinski definition) is 1. The van der Waals surface area contributed by atoms with Gasteiger partial charge in [0.2, 0.25) is 0 Å². The quantitative estimate of drug-likeness (QED) is 0.936. The van der Waals surface area contributed by atoms with Gasteiger partial charge in [0.25, 0.3) is 0 Å². The maximum Gasteiger partial charge on any atom is 0.171 e. The lowest BCUT2D eigenvalue weighted by molar-refractivity contribution is 0.763. The van der Waals surface area contributed by atoms with Crippen LogP contribution >= 0.6 is 0 Å². The van der Waals surface area contributed by atoms with Crippen molar-refractivity contribution in [3.05, 3.63) is 34.3 Å². The largest absolute Gasteiger partial charge is 0.396 e. The Labute approximate surface area is 124 Å². The molecule has 0 spiro atoms. The van der Waals surface area contributed by atoms with Crippen molar-refractivity contribution in [2.75, 3.05) is 5.73 Å². The molecule has 3 rings (SSSR count). The fourth-order valence-electron chi connectivity index (χ4n) is 3.00. The third kappa shape index (κ3) is 2.07. The minimum absolute atomic E-state index is 0.579.